The minimum atomic E-state index is -0.450. The van der Waals surface area contributed by atoms with Gasteiger partial charge in [0.15, 0.2) is 11.5 Å². The van der Waals surface area contributed by atoms with Crippen LogP contribution >= 0.6 is 0 Å². The van der Waals surface area contributed by atoms with E-state index in [1.54, 1.807) is 10.9 Å². The molecule has 146 valence electrons. The summed E-state index contributed by atoms with van der Waals surface area (Å²) in [6.45, 7) is 3.01. The second kappa shape index (κ2) is 8.19. The zero-order chi connectivity index (χ0) is 18.6. The molecule has 0 amide bonds. The van der Waals surface area contributed by atoms with Gasteiger partial charge in [0.1, 0.15) is 5.75 Å². The largest absolute Gasteiger partial charge is 0.493 e. The molecule has 0 radical (unpaired) electrons. The number of hydrogen-bond acceptors (Lipinski definition) is 6. The first-order chi connectivity index (χ1) is 13.2. The minimum absolute atomic E-state index is 0.278. The van der Waals surface area contributed by atoms with Gasteiger partial charge in [0.25, 0.3) is 0 Å². The lowest BCUT2D eigenvalue weighted by Crippen LogP contribution is -2.32. The molecule has 3 heterocycles. The molecule has 0 unspecified atom stereocenters. The van der Waals surface area contributed by atoms with E-state index in [4.69, 9.17) is 14.2 Å². The topological polar surface area (TPSA) is 69.0 Å². The molecular formula is C20H27N3O4. The average Bonchev–Trinajstić information content (AvgIpc) is 3.39. The smallest absolute Gasteiger partial charge is 0.231 e. The number of ether oxygens (including phenoxy) is 3. The zero-order valence-electron chi connectivity index (χ0n) is 15.7. The van der Waals surface area contributed by atoms with E-state index in [1.807, 2.05) is 31.4 Å². The van der Waals surface area contributed by atoms with Crippen LogP contribution in [0.5, 0.6) is 17.2 Å². The van der Waals surface area contributed by atoms with Crippen LogP contribution in [0.2, 0.25) is 0 Å². The van der Waals surface area contributed by atoms with E-state index in [-0.39, 0.29) is 6.79 Å². The highest BCUT2D eigenvalue weighted by atomic mass is 16.7. The third kappa shape index (κ3) is 4.36. The second-order valence-corrected chi connectivity index (χ2v) is 7.25. The number of benzene rings is 1. The summed E-state index contributed by atoms with van der Waals surface area (Å²) in [6.07, 6.45) is 7.23. The summed E-state index contributed by atoms with van der Waals surface area (Å²) in [5.41, 5.74) is 0.899. The van der Waals surface area contributed by atoms with E-state index in [2.05, 4.69) is 10.00 Å². The third-order valence-corrected chi connectivity index (χ3v) is 5.31. The first kappa shape index (κ1) is 18.1. The molecule has 2 aliphatic heterocycles. The summed E-state index contributed by atoms with van der Waals surface area (Å²) >= 11 is 0. The van der Waals surface area contributed by atoms with E-state index in [0.717, 1.165) is 55.2 Å². The van der Waals surface area contributed by atoms with Gasteiger partial charge in [-0.1, -0.05) is 0 Å². The maximum atomic E-state index is 10.5. The van der Waals surface area contributed by atoms with Crippen molar-refractivity contribution in [2.24, 2.45) is 7.05 Å². The Bertz CT molecular complexity index is 763. The lowest BCUT2D eigenvalue weighted by molar-refractivity contribution is 0.117. The summed E-state index contributed by atoms with van der Waals surface area (Å²) in [6, 6.07) is 6.10. The lowest BCUT2D eigenvalue weighted by atomic mass is 10.0. The molecule has 7 heteroatoms. The van der Waals surface area contributed by atoms with Crippen molar-refractivity contribution in [1.29, 1.82) is 0 Å². The van der Waals surface area contributed by atoms with Gasteiger partial charge in [-0.15, -0.1) is 0 Å². The molecular weight excluding hydrogens is 346 g/mol. The molecule has 27 heavy (non-hydrogen) atoms. The van der Waals surface area contributed by atoms with Gasteiger partial charge in [0, 0.05) is 37.5 Å². The SMILES string of the molecule is Cn1cc([C@H](O)C[C@H]2CCCN2CCCOc2ccc3c(c2)OCO3)cn1. The van der Waals surface area contributed by atoms with E-state index < -0.39 is 6.10 Å². The van der Waals surface area contributed by atoms with Crippen LogP contribution in [0, 0.1) is 0 Å². The number of likely N-dealkylation sites (tertiary alicyclic amines) is 1. The minimum Gasteiger partial charge on any atom is -0.493 e. The van der Waals surface area contributed by atoms with Crippen LogP contribution in [-0.2, 0) is 7.05 Å². The number of rotatable bonds is 8. The fraction of sp³-hybridized carbons (Fsp3) is 0.550. The van der Waals surface area contributed by atoms with Crippen molar-refractivity contribution in [3.63, 3.8) is 0 Å². The van der Waals surface area contributed by atoms with Crippen molar-refractivity contribution in [3.05, 3.63) is 36.2 Å². The van der Waals surface area contributed by atoms with E-state index in [0.29, 0.717) is 12.6 Å². The van der Waals surface area contributed by atoms with E-state index >= 15 is 0 Å². The Kier molecular flexibility index (Phi) is 5.50. The maximum absolute atomic E-state index is 10.5. The molecule has 2 aromatic rings. The molecule has 4 rings (SSSR count). The predicted molar refractivity (Wildman–Crippen MR) is 100 cm³/mol. The molecule has 1 N–H and O–H groups in total. The summed E-state index contributed by atoms with van der Waals surface area (Å²) < 4.78 is 18.3. The van der Waals surface area contributed by atoms with Gasteiger partial charge in [-0.3, -0.25) is 4.68 Å². The maximum Gasteiger partial charge on any atom is 0.231 e. The van der Waals surface area contributed by atoms with Crippen molar-refractivity contribution in [3.8, 4) is 17.2 Å². The Balaban J connectivity index is 1.22. The van der Waals surface area contributed by atoms with Gasteiger partial charge in [0.2, 0.25) is 6.79 Å². The number of aliphatic hydroxyl groups excluding tert-OH is 1. The van der Waals surface area contributed by atoms with Gasteiger partial charge in [-0.2, -0.15) is 5.10 Å². The summed E-state index contributed by atoms with van der Waals surface area (Å²) in [4.78, 5) is 2.47. The number of nitrogens with zero attached hydrogens (tertiary/aromatic N) is 3. The highest BCUT2D eigenvalue weighted by Gasteiger charge is 2.27. The molecule has 2 atom stereocenters. The monoisotopic (exact) mass is 373 g/mol. The Morgan fingerprint density at radius 3 is 3.07 bits per heavy atom. The Labute approximate surface area is 159 Å². The summed E-state index contributed by atoms with van der Waals surface area (Å²) in [7, 11) is 1.87. The van der Waals surface area contributed by atoms with Crippen molar-refractivity contribution in [2.45, 2.75) is 37.8 Å². The predicted octanol–water partition coefficient (Wildman–Crippen LogP) is 2.51. The molecule has 7 nitrogen and oxygen atoms in total. The fourth-order valence-electron chi connectivity index (χ4n) is 3.89. The molecule has 0 bridgehead atoms. The molecule has 0 spiro atoms. The fourth-order valence-corrected chi connectivity index (χ4v) is 3.89. The lowest BCUT2D eigenvalue weighted by Gasteiger charge is -2.26. The van der Waals surface area contributed by atoms with Gasteiger partial charge in [0.05, 0.1) is 18.9 Å². The standard InChI is InChI=1S/C20H27N3O4/c1-22-13-15(12-21-22)18(24)10-16-4-2-7-23(16)8-3-9-25-17-5-6-19-20(11-17)27-14-26-19/h5-6,11-13,16,18,24H,2-4,7-10,14H2,1H3/t16-,18-/m1/s1. The highest BCUT2D eigenvalue weighted by molar-refractivity contribution is 5.46. The number of hydrogen-bond donors (Lipinski definition) is 1. The first-order valence-corrected chi connectivity index (χ1v) is 9.62. The van der Waals surface area contributed by atoms with Crippen LogP contribution in [0.15, 0.2) is 30.6 Å². The third-order valence-electron chi connectivity index (χ3n) is 5.31. The molecule has 0 aliphatic carbocycles. The normalized spacial score (nSPS) is 20.1. The van der Waals surface area contributed by atoms with Gasteiger partial charge in [-0.25, -0.2) is 0 Å². The quantitative estimate of drug-likeness (QED) is 0.717. The van der Waals surface area contributed by atoms with E-state index in [9.17, 15) is 5.11 Å². The highest BCUT2D eigenvalue weighted by Crippen LogP contribution is 2.35. The Morgan fingerprint density at radius 1 is 1.33 bits per heavy atom. The van der Waals surface area contributed by atoms with Crippen LogP contribution < -0.4 is 14.2 Å². The summed E-state index contributed by atoms with van der Waals surface area (Å²) in [5.74, 6) is 2.33. The van der Waals surface area contributed by atoms with Crippen molar-refractivity contribution >= 4 is 0 Å². The zero-order valence-corrected chi connectivity index (χ0v) is 15.7. The van der Waals surface area contributed by atoms with Gasteiger partial charge < -0.3 is 24.2 Å². The Morgan fingerprint density at radius 2 is 2.22 bits per heavy atom. The second-order valence-electron chi connectivity index (χ2n) is 7.25. The molecule has 0 saturated carbocycles. The van der Waals surface area contributed by atoms with Gasteiger partial charge in [-0.05, 0) is 44.4 Å². The van der Waals surface area contributed by atoms with Crippen molar-refractivity contribution in [1.82, 2.24) is 14.7 Å². The van der Waals surface area contributed by atoms with Crippen LogP contribution in [0.1, 0.15) is 37.4 Å². The number of aliphatic hydroxyl groups is 1. The Hall–Kier alpha value is -2.25. The van der Waals surface area contributed by atoms with Crippen LogP contribution in [0.4, 0.5) is 0 Å². The van der Waals surface area contributed by atoms with Crippen molar-refractivity contribution < 1.29 is 19.3 Å². The van der Waals surface area contributed by atoms with Crippen molar-refractivity contribution in [2.75, 3.05) is 26.5 Å². The first-order valence-electron chi connectivity index (χ1n) is 9.62. The molecule has 1 fully saturated rings. The number of aryl methyl sites for hydroxylation is 1. The van der Waals surface area contributed by atoms with Gasteiger partial charge >= 0.3 is 0 Å². The van der Waals surface area contributed by atoms with Crippen LogP contribution in [0.25, 0.3) is 0 Å². The molecule has 1 aromatic carbocycles. The van der Waals surface area contributed by atoms with Crippen LogP contribution in [0.3, 0.4) is 0 Å². The number of fused-ring (bicyclic) bond motifs is 1. The molecule has 1 aromatic heterocycles. The van der Waals surface area contributed by atoms with Crippen LogP contribution in [-0.4, -0.2) is 52.3 Å². The molecule has 1 saturated heterocycles. The average molecular weight is 373 g/mol. The molecule has 2 aliphatic rings. The van der Waals surface area contributed by atoms with E-state index in [1.165, 1.54) is 6.42 Å². The number of aromatic nitrogens is 2. The summed E-state index contributed by atoms with van der Waals surface area (Å²) in [5, 5.41) is 14.6.